The van der Waals surface area contributed by atoms with Crippen LogP contribution in [-0.4, -0.2) is 46.7 Å². The van der Waals surface area contributed by atoms with E-state index in [1.807, 2.05) is 30.9 Å². The Morgan fingerprint density at radius 2 is 1.73 bits per heavy atom. The molecule has 1 N–H and O–H groups in total. The zero-order valence-electron chi connectivity index (χ0n) is 17.4. The van der Waals surface area contributed by atoms with Gasteiger partial charge in [0.2, 0.25) is 11.8 Å². The Labute approximate surface area is 176 Å². The maximum Gasteiger partial charge on any atom is 0.254 e. The molecular weight excluding hydrogens is 378 g/mol. The number of carbonyl (C=O) groups is 3. The molecule has 2 aromatic carbocycles. The summed E-state index contributed by atoms with van der Waals surface area (Å²) in [5.41, 5.74) is 3.74. The van der Waals surface area contributed by atoms with Crippen LogP contribution in [-0.2, 0) is 22.6 Å². The van der Waals surface area contributed by atoms with Crippen LogP contribution >= 0.6 is 0 Å². The molecular formula is C24H27N3O3. The molecule has 0 aromatic heterocycles. The van der Waals surface area contributed by atoms with Gasteiger partial charge in [-0.25, -0.2) is 0 Å². The molecule has 0 radical (unpaired) electrons. The lowest BCUT2D eigenvalue weighted by atomic mass is 9.99. The Morgan fingerprint density at radius 1 is 1.03 bits per heavy atom. The fourth-order valence-electron chi connectivity index (χ4n) is 4.20. The van der Waals surface area contributed by atoms with Crippen LogP contribution in [0.15, 0.2) is 48.5 Å². The average Bonchev–Trinajstić information content (AvgIpc) is 3.15. The number of anilines is 1. The number of rotatable bonds is 4. The van der Waals surface area contributed by atoms with Crippen molar-refractivity contribution in [2.24, 2.45) is 5.92 Å². The van der Waals surface area contributed by atoms with Gasteiger partial charge in [-0.3, -0.25) is 14.4 Å². The van der Waals surface area contributed by atoms with Crippen LogP contribution < -0.4 is 5.32 Å². The van der Waals surface area contributed by atoms with Gasteiger partial charge in [0, 0.05) is 43.3 Å². The van der Waals surface area contributed by atoms with E-state index < -0.39 is 0 Å². The van der Waals surface area contributed by atoms with E-state index >= 15 is 0 Å². The molecule has 1 fully saturated rings. The summed E-state index contributed by atoms with van der Waals surface area (Å²) in [4.78, 5) is 41.1. The molecule has 0 aliphatic carbocycles. The van der Waals surface area contributed by atoms with E-state index in [4.69, 9.17) is 0 Å². The highest BCUT2D eigenvalue weighted by Crippen LogP contribution is 2.23. The fraction of sp³-hybridized carbons (Fsp3) is 0.375. The molecule has 6 heteroatoms. The minimum atomic E-state index is -0.338. The van der Waals surface area contributed by atoms with Gasteiger partial charge < -0.3 is 15.1 Å². The van der Waals surface area contributed by atoms with Crippen LogP contribution in [0, 0.1) is 5.92 Å². The van der Waals surface area contributed by atoms with Crippen LogP contribution in [0.2, 0.25) is 0 Å². The lowest BCUT2D eigenvalue weighted by molar-refractivity contribution is -0.129. The van der Waals surface area contributed by atoms with Gasteiger partial charge in [0.25, 0.3) is 5.91 Å². The van der Waals surface area contributed by atoms with Crippen molar-refractivity contribution in [2.45, 2.75) is 39.3 Å². The predicted molar refractivity (Wildman–Crippen MR) is 115 cm³/mol. The van der Waals surface area contributed by atoms with E-state index in [-0.39, 0.29) is 36.1 Å². The molecule has 1 saturated heterocycles. The third-order valence-electron chi connectivity index (χ3n) is 5.97. The van der Waals surface area contributed by atoms with Crippen molar-refractivity contribution in [3.8, 4) is 0 Å². The van der Waals surface area contributed by atoms with Crippen LogP contribution in [0.25, 0.3) is 0 Å². The van der Waals surface area contributed by atoms with E-state index in [2.05, 4.69) is 17.4 Å². The van der Waals surface area contributed by atoms with Crippen LogP contribution in [0.5, 0.6) is 0 Å². The quantitative estimate of drug-likeness (QED) is 0.850. The van der Waals surface area contributed by atoms with Crippen molar-refractivity contribution < 1.29 is 14.4 Å². The number of nitrogens with one attached hydrogen (secondary N) is 1. The number of amides is 3. The second-order valence-corrected chi connectivity index (χ2v) is 8.35. The molecule has 30 heavy (non-hydrogen) atoms. The topological polar surface area (TPSA) is 69.7 Å². The summed E-state index contributed by atoms with van der Waals surface area (Å²) in [6.07, 6.45) is 1.11. The number of likely N-dealkylation sites (tertiary alicyclic amines) is 1. The first-order valence-corrected chi connectivity index (χ1v) is 10.5. The highest BCUT2D eigenvalue weighted by atomic mass is 16.2. The lowest BCUT2D eigenvalue weighted by Gasteiger charge is -2.29. The Morgan fingerprint density at radius 3 is 2.40 bits per heavy atom. The molecule has 4 rings (SSSR count). The third kappa shape index (κ3) is 4.08. The second kappa shape index (κ2) is 8.30. The van der Waals surface area contributed by atoms with E-state index in [1.165, 1.54) is 11.1 Å². The van der Waals surface area contributed by atoms with Gasteiger partial charge in [-0.1, -0.05) is 24.3 Å². The molecule has 6 nitrogen and oxygen atoms in total. The van der Waals surface area contributed by atoms with Crippen molar-refractivity contribution in [3.63, 3.8) is 0 Å². The summed E-state index contributed by atoms with van der Waals surface area (Å²) in [7, 11) is 0. The molecule has 0 bridgehead atoms. The molecule has 2 aromatic rings. The van der Waals surface area contributed by atoms with Crippen LogP contribution in [0.1, 0.15) is 41.8 Å². The van der Waals surface area contributed by atoms with Gasteiger partial charge >= 0.3 is 0 Å². The minimum Gasteiger partial charge on any atom is -0.339 e. The van der Waals surface area contributed by atoms with Crippen molar-refractivity contribution in [2.75, 3.05) is 18.4 Å². The highest BCUT2D eigenvalue weighted by Gasteiger charge is 2.35. The Bertz CT molecular complexity index is 968. The molecule has 2 aliphatic heterocycles. The molecule has 156 valence electrons. The predicted octanol–water partition coefficient (Wildman–Crippen LogP) is 3.08. The Balaban J connectivity index is 1.37. The van der Waals surface area contributed by atoms with Gasteiger partial charge in [-0.15, -0.1) is 0 Å². The number of benzene rings is 2. The summed E-state index contributed by atoms with van der Waals surface area (Å²) in [6.45, 7) is 5.69. The van der Waals surface area contributed by atoms with Crippen molar-refractivity contribution >= 4 is 23.4 Å². The normalized spacial score (nSPS) is 18.5. The summed E-state index contributed by atoms with van der Waals surface area (Å²) in [5, 5.41) is 2.88. The minimum absolute atomic E-state index is 0.00338. The van der Waals surface area contributed by atoms with Gasteiger partial charge in [0.05, 0.1) is 5.92 Å². The summed E-state index contributed by atoms with van der Waals surface area (Å²) < 4.78 is 0. The number of fused-ring (bicyclic) bond motifs is 1. The monoisotopic (exact) mass is 405 g/mol. The molecule has 1 unspecified atom stereocenters. The summed E-state index contributed by atoms with van der Waals surface area (Å²) >= 11 is 0. The van der Waals surface area contributed by atoms with Crippen LogP contribution in [0.3, 0.4) is 0 Å². The average molecular weight is 405 g/mol. The van der Waals surface area contributed by atoms with Gasteiger partial charge in [-0.2, -0.15) is 0 Å². The number of carbonyl (C=O) groups excluding carboxylic acids is 3. The Hall–Kier alpha value is -3.15. The largest absolute Gasteiger partial charge is 0.339 e. The zero-order valence-corrected chi connectivity index (χ0v) is 17.4. The first-order valence-electron chi connectivity index (χ1n) is 10.5. The first kappa shape index (κ1) is 20.1. The standard InChI is InChI=1S/C24H27N3O3/c1-16(2)27-15-20(13-22(27)28)23(29)25-21-9-7-18(8-10-21)24(30)26-12-11-17-5-3-4-6-19(17)14-26/h3-10,16,20H,11-15H2,1-2H3,(H,25,29). The first-order chi connectivity index (χ1) is 14.4. The highest BCUT2D eigenvalue weighted by molar-refractivity contribution is 5.98. The lowest BCUT2D eigenvalue weighted by Crippen LogP contribution is -2.35. The molecule has 2 heterocycles. The fourth-order valence-corrected chi connectivity index (χ4v) is 4.20. The van der Waals surface area contributed by atoms with Crippen molar-refractivity contribution in [1.29, 1.82) is 0 Å². The van der Waals surface area contributed by atoms with E-state index in [1.54, 1.807) is 29.2 Å². The van der Waals surface area contributed by atoms with Crippen LogP contribution in [0.4, 0.5) is 5.69 Å². The number of nitrogens with zero attached hydrogens (tertiary/aromatic N) is 2. The number of hydrogen-bond donors (Lipinski definition) is 1. The van der Waals surface area contributed by atoms with E-state index in [0.29, 0.717) is 30.9 Å². The van der Waals surface area contributed by atoms with Gasteiger partial charge in [0.1, 0.15) is 0 Å². The second-order valence-electron chi connectivity index (χ2n) is 8.35. The van der Waals surface area contributed by atoms with E-state index in [9.17, 15) is 14.4 Å². The van der Waals surface area contributed by atoms with Crippen molar-refractivity contribution in [3.05, 3.63) is 65.2 Å². The zero-order chi connectivity index (χ0) is 21.3. The Kier molecular flexibility index (Phi) is 5.57. The molecule has 1 atom stereocenters. The summed E-state index contributed by atoms with van der Waals surface area (Å²) in [6, 6.07) is 15.3. The summed E-state index contributed by atoms with van der Waals surface area (Å²) in [5.74, 6) is -0.474. The van der Waals surface area contributed by atoms with Crippen molar-refractivity contribution in [1.82, 2.24) is 9.80 Å². The SMILES string of the molecule is CC(C)N1CC(C(=O)Nc2ccc(C(=O)N3CCc4ccccc4C3)cc2)CC1=O. The molecule has 0 saturated carbocycles. The molecule has 3 amide bonds. The van der Waals surface area contributed by atoms with Gasteiger partial charge in [0.15, 0.2) is 0 Å². The smallest absolute Gasteiger partial charge is 0.254 e. The van der Waals surface area contributed by atoms with E-state index in [0.717, 1.165) is 6.42 Å². The molecule has 0 spiro atoms. The number of hydrogen-bond acceptors (Lipinski definition) is 3. The van der Waals surface area contributed by atoms with Gasteiger partial charge in [-0.05, 0) is 55.7 Å². The molecule has 2 aliphatic rings. The maximum absolute atomic E-state index is 12.9. The maximum atomic E-state index is 12.9. The third-order valence-corrected chi connectivity index (χ3v) is 5.97.